The van der Waals surface area contributed by atoms with Crippen LogP contribution >= 0.6 is 0 Å². The molecule has 0 amide bonds. The largest absolute Gasteiger partial charge is 0.417 e. The van der Waals surface area contributed by atoms with Gasteiger partial charge in [-0.2, -0.15) is 13.2 Å². The Morgan fingerprint density at radius 3 is 2.20 bits per heavy atom. The second-order valence-corrected chi connectivity index (χ2v) is 4.04. The molecule has 0 aliphatic rings. The lowest BCUT2D eigenvalue weighted by atomic mass is 9.91. The lowest BCUT2D eigenvalue weighted by molar-refractivity contribution is -0.137. The zero-order valence-corrected chi connectivity index (χ0v) is 8.97. The van der Waals surface area contributed by atoms with E-state index in [1.165, 1.54) is 12.3 Å². The zero-order valence-electron chi connectivity index (χ0n) is 8.97. The van der Waals surface area contributed by atoms with Gasteiger partial charge in [-0.1, -0.05) is 20.8 Å². The molecule has 1 nitrogen and oxygen atoms in total. The van der Waals surface area contributed by atoms with Crippen LogP contribution in [-0.2, 0) is 6.18 Å². The van der Waals surface area contributed by atoms with Crippen LogP contribution in [0, 0.1) is 5.92 Å². The third-order valence-corrected chi connectivity index (χ3v) is 2.61. The zero-order chi connectivity index (χ0) is 11.6. The number of nitrogens with zero attached hydrogens (tertiary/aromatic N) is 1. The Bertz CT molecular complexity index is 331. The van der Waals surface area contributed by atoms with Crippen molar-refractivity contribution in [2.75, 3.05) is 0 Å². The number of rotatable bonds is 2. The molecule has 0 aromatic carbocycles. The lowest BCUT2D eigenvalue weighted by Gasteiger charge is -2.16. The van der Waals surface area contributed by atoms with Crippen molar-refractivity contribution in [2.45, 2.75) is 32.9 Å². The van der Waals surface area contributed by atoms with E-state index in [1.807, 2.05) is 20.8 Å². The third-order valence-electron chi connectivity index (χ3n) is 2.61. The molecule has 0 saturated carbocycles. The van der Waals surface area contributed by atoms with Crippen molar-refractivity contribution in [1.29, 1.82) is 0 Å². The first kappa shape index (κ1) is 12.0. The quantitative estimate of drug-likeness (QED) is 0.733. The molecule has 0 N–H and O–H groups in total. The van der Waals surface area contributed by atoms with Crippen LogP contribution in [0.1, 0.15) is 37.8 Å². The molecule has 0 radical (unpaired) electrons. The molecule has 1 unspecified atom stereocenters. The van der Waals surface area contributed by atoms with Crippen LogP contribution in [-0.4, -0.2) is 4.98 Å². The Balaban J connectivity index is 3.03. The summed E-state index contributed by atoms with van der Waals surface area (Å²) in [5, 5.41) is 0. The van der Waals surface area contributed by atoms with Crippen molar-refractivity contribution in [3.8, 4) is 0 Å². The molecular weight excluding hydrogens is 203 g/mol. The number of pyridine rings is 1. The Labute approximate surface area is 87.3 Å². The first-order valence-electron chi connectivity index (χ1n) is 4.84. The van der Waals surface area contributed by atoms with Crippen LogP contribution in [0.25, 0.3) is 0 Å². The minimum Gasteiger partial charge on any atom is -0.264 e. The monoisotopic (exact) mass is 217 g/mol. The van der Waals surface area contributed by atoms with E-state index < -0.39 is 11.7 Å². The average molecular weight is 217 g/mol. The minimum absolute atomic E-state index is 0.0831. The van der Waals surface area contributed by atoms with Crippen molar-refractivity contribution < 1.29 is 13.2 Å². The molecule has 0 bridgehead atoms. The maximum atomic E-state index is 12.4. The smallest absolute Gasteiger partial charge is 0.264 e. The van der Waals surface area contributed by atoms with Crippen LogP contribution in [0.4, 0.5) is 13.2 Å². The molecular formula is C11H14F3N. The average Bonchev–Trinajstić information content (AvgIpc) is 2.15. The predicted molar refractivity (Wildman–Crippen MR) is 52.5 cm³/mol. The Kier molecular flexibility index (Phi) is 3.37. The van der Waals surface area contributed by atoms with E-state index in [9.17, 15) is 13.2 Å². The van der Waals surface area contributed by atoms with Crippen molar-refractivity contribution >= 4 is 0 Å². The lowest BCUT2D eigenvalue weighted by Crippen LogP contribution is -2.09. The fourth-order valence-corrected chi connectivity index (χ4v) is 1.25. The molecule has 4 heteroatoms. The predicted octanol–water partition coefficient (Wildman–Crippen LogP) is 3.86. The number of hydrogen-bond acceptors (Lipinski definition) is 1. The topological polar surface area (TPSA) is 12.9 Å². The van der Waals surface area contributed by atoms with Gasteiger partial charge < -0.3 is 0 Å². The van der Waals surface area contributed by atoms with Crippen LogP contribution in [0.2, 0.25) is 0 Å². The molecule has 1 heterocycles. The van der Waals surface area contributed by atoms with E-state index >= 15 is 0 Å². The maximum absolute atomic E-state index is 12.4. The van der Waals surface area contributed by atoms with Gasteiger partial charge in [-0.25, -0.2) is 0 Å². The number of halogens is 3. The summed E-state index contributed by atoms with van der Waals surface area (Å²) in [6, 6.07) is 1.18. The Hall–Kier alpha value is -1.06. The van der Waals surface area contributed by atoms with E-state index in [-0.39, 0.29) is 5.92 Å². The SMILES string of the molecule is CC(C)C(C)c1cncc(C(F)(F)F)c1. The van der Waals surface area contributed by atoms with Gasteiger partial charge in [-0.15, -0.1) is 0 Å². The second kappa shape index (κ2) is 4.21. The molecule has 1 atom stereocenters. The molecule has 0 aliphatic carbocycles. The van der Waals surface area contributed by atoms with E-state index in [0.717, 1.165) is 6.20 Å². The molecule has 0 saturated heterocycles. The van der Waals surface area contributed by atoms with Gasteiger partial charge in [-0.05, 0) is 23.5 Å². The highest BCUT2D eigenvalue weighted by Crippen LogP contribution is 2.31. The van der Waals surface area contributed by atoms with E-state index in [1.54, 1.807) is 0 Å². The standard InChI is InChI=1S/C11H14F3N/c1-7(2)8(3)9-4-10(6-15-5-9)11(12,13)14/h4-8H,1-3H3. The molecule has 15 heavy (non-hydrogen) atoms. The van der Waals surface area contributed by atoms with Crippen LogP contribution < -0.4 is 0 Å². The summed E-state index contributed by atoms with van der Waals surface area (Å²) in [6.45, 7) is 5.86. The van der Waals surface area contributed by atoms with Crippen LogP contribution in [0.3, 0.4) is 0 Å². The summed E-state index contributed by atoms with van der Waals surface area (Å²) in [5.74, 6) is 0.384. The van der Waals surface area contributed by atoms with Crippen LogP contribution in [0.15, 0.2) is 18.5 Å². The van der Waals surface area contributed by atoms with Gasteiger partial charge in [0.1, 0.15) is 0 Å². The summed E-state index contributed by atoms with van der Waals surface area (Å²) in [6.07, 6.45) is -1.95. The highest BCUT2D eigenvalue weighted by molar-refractivity contribution is 5.23. The molecule has 0 fully saturated rings. The number of alkyl halides is 3. The fraction of sp³-hybridized carbons (Fsp3) is 0.545. The van der Waals surface area contributed by atoms with Gasteiger partial charge >= 0.3 is 6.18 Å². The molecule has 1 aromatic heterocycles. The molecule has 0 spiro atoms. The minimum atomic E-state index is -4.31. The highest BCUT2D eigenvalue weighted by atomic mass is 19.4. The summed E-state index contributed by atoms with van der Waals surface area (Å²) in [5.41, 5.74) is -0.0349. The van der Waals surface area contributed by atoms with Gasteiger partial charge in [0.2, 0.25) is 0 Å². The molecule has 0 aliphatic heterocycles. The molecule has 1 rings (SSSR count). The molecule has 1 aromatic rings. The van der Waals surface area contributed by atoms with Crippen molar-refractivity contribution in [3.63, 3.8) is 0 Å². The van der Waals surface area contributed by atoms with Gasteiger partial charge in [0, 0.05) is 12.4 Å². The Morgan fingerprint density at radius 1 is 1.13 bits per heavy atom. The molecule has 84 valence electrons. The normalized spacial score (nSPS) is 14.3. The maximum Gasteiger partial charge on any atom is 0.417 e. The van der Waals surface area contributed by atoms with Crippen molar-refractivity contribution in [2.24, 2.45) is 5.92 Å². The number of hydrogen-bond donors (Lipinski definition) is 0. The third kappa shape index (κ3) is 2.94. The van der Waals surface area contributed by atoms with E-state index in [0.29, 0.717) is 11.5 Å². The summed E-state index contributed by atoms with van der Waals surface area (Å²) < 4.78 is 37.2. The van der Waals surface area contributed by atoms with Gasteiger partial charge in [0.15, 0.2) is 0 Å². The van der Waals surface area contributed by atoms with Crippen molar-refractivity contribution in [3.05, 3.63) is 29.6 Å². The van der Waals surface area contributed by atoms with Gasteiger partial charge in [0.05, 0.1) is 5.56 Å². The first-order chi connectivity index (χ1) is 6.82. The van der Waals surface area contributed by atoms with Gasteiger partial charge in [-0.3, -0.25) is 4.98 Å². The van der Waals surface area contributed by atoms with Gasteiger partial charge in [0.25, 0.3) is 0 Å². The first-order valence-corrected chi connectivity index (χ1v) is 4.84. The fourth-order valence-electron chi connectivity index (χ4n) is 1.25. The Morgan fingerprint density at radius 2 is 1.73 bits per heavy atom. The van der Waals surface area contributed by atoms with Crippen molar-refractivity contribution in [1.82, 2.24) is 4.98 Å². The van der Waals surface area contributed by atoms with E-state index in [4.69, 9.17) is 0 Å². The van der Waals surface area contributed by atoms with Crippen LogP contribution in [0.5, 0.6) is 0 Å². The summed E-state index contributed by atoms with van der Waals surface area (Å²) >= 11 is 0. The summed E-state index contributed by atoms with van der Waals surface area (Å²) in [4.78, 5) is 3.63. The highest BCUT2D eigenvalue weighted by Gasteiger charge is 2.31. The second-order valence-electron chi connectivity index (χ2n) is 4.04. The number of aromatic nitrogens is 1. The van der Waals surface area contributed by atoms with E-state index in [2.05, 4.69) is 4.98 Å². The summed E-state index contributed by atoms with van der Waals surface area (Å²) in [7, 11) is 0.